The van der Waals surface area contributed by atoms with Crippen molar-refractivity contribution in [3.63, 3.8) is 0 Å². The van der Waals surface area contributed by atoms with Crippen LogP contribution in [0.1, 0.15) is 31.4 Å². The maximum Gasteiger partial charge on any atom is 0.243 e. The highest BCUT2D eigenvalue weighted by molar-refractivity contribution is 7.89. The van der Waals surface area contributed by atoms with Gasteiger partial charge in [-0.25, -0.2) is 8.42 Å². The van der Waals surface area contributed by atoms with Crippen LogP contribution in [-0.2, 0) is 10.0 Å². The van der Waals surface area contributed by atoms with E-state index in [0.717, 1.165) is 6.42 Å². The van der Waals surface area contributed by atoms with Crippen LogP contribution in [0.2, 0.25) is 0 Å². The fourth-order valence-corrected chi connectivity index (χ4v) is 4.50. The summed E-state index contributed by atoms with van der Waals surface area (Å²) in [5.41, 5.74) is 1.21. The molecule has 5 heteroatoms. The molecule has 1 heterocycles. The first-order valence-electron chi connectivity index (χ1n) is 6.39. The van der Waals surface area contributed by atoms with Crippen molar-refractivity contribution < 1.29 is 8.42 Å². The molecule has 2 rings (SSSR count). The fraction of sp³-hybridized carbons (Fsp3) is 0.500. The molecule has 0 radical (unpaired) electrons. The zero-order valence-electron chi connectivity index (χ0n) is 11.4. The summed E-state index contributed by atoms with van der Waals surface area (Å²) in [4.78, 5) is 0.282. The average molecular weight is 278 g/mol. The monoisotopic (exact) mass is 278 g/mol. The van der Waals surface area contributed by atoms with Crippen molar-refractivity contribution in [1.29, 1.82) is 5.26 Å². The molecule has 1 saturated heterocycles. The molecule has 0 saturated carbocycles. The van der Waals surface area contributed by atoms with Crippen LogP contribution < -0.4 is 0 Å². The number of hydrogen-bond acceptors (Lipinski definition) is 3. The van der Waals surface area contributed by atoms with E-state index < -0.39 is 10.0 Å². The van der Waals surface area contributed by atoms with Crippen LogP contribution in [0.3, 0.4) is 0 Å². The molecule has 0 amide bonds. The normalized spacial score (nSPS) is 24.3. The van der Waals surface area contributed by atoms with E-state index in [1.165, 1.54) is 6.07 Å². The lowest BCUT2D eigenvalue weighted by atomic mass is 10.1. The first kappa shape index (κ1) is 14.0. The van der Waals surface area contributed by atoms with Crippen LogP contribution >= 0.6 is 0 Å². The van der Waals surface area contributed by atoms with Crippen LogP contribution in [0.15, 0.2) is 23.1 Å². The predicted octanol–water partition coefficient (Wildman–Crippen LogP) is 2.29. The van der Waals surface area contributed by atoms with Crippen molar-refractivity contribution in [2.24, 2.45) is 5.92 Å². The number of nitriles is 1. The highest BCUT2D eigenvalue weighted by Gasteiger charge is 2.36. The number of nitrogens with zero attached hydrogens (tertiary/aromatic N) is 2. The van der Waals surface area contributed by atoms with E-state index in [0.29, 0.717) is 23.6 Å². The predicted molar refractivity (Wildman–Crippen MR) is 73.0 cm³/mol. The maximum atomic E-state index is 12.6. The van der Waals surface area contributed by atoms with E-state index in [2.05, 4.69) is 13.0 Å². The van der Waals surface area contributed by atoms with Crippen LogP contribution in [-0.4, -0.2) is 25.3 Å². The van der Waals surface area contributed by atoms with E-state index in [1.54, 1.807) is 23.4 Å². The van der Waals surface area contributed by atoms with Crippen molar-refractivity contribution in [3.05, 3.63) is 29.3 Å². The molecule has 19 heavy (non-hydrogen) atoms. The second kappa shape index (κ2) is 4.95. The molecular weight excluding hydrogens is 260 g/mol. The van der Waals surface area contributed by atoms with Gasteiger partial charge in [-0.1, -0.05) is 6.92 Å². The molecule has 2 atom stereocenters. The quantitative estimate of drug-likeness (QED) is 0.834. The lowest BCUT2D eigenvalue weighted by molar-refractivity contribution is 0.405. The third-order valence-corrected chi connectivity index (χ3v) is 5.63. The second-order valence-electron chi connectivity index (χ2n) is 5.35. The molecule has 102 valence electrons. The molecule has 1 aliphatic heterocycles. The van der Waals surface area contributed by atoms with Crippen molar-refractivity contribution in [2.45, 2.75) is 38.1 Å². The van der Waals surface area contributed by atoms with Crippen molar-refractivity contribution in [2.75, 3.05) is 6.54 Å². The minimum absolute atomic E-state index is 0.0379. The highest BCUT2D eigenvalue weighted by atomic mass is 32.2. The van der Waals surface area contributed by atoms with Crippen molar-refractivity contribution in [3.8, 4) is 6.07 Å². The summed E-state index contributed by atoms with van der Waals surface area (Å²) in [5, 5.41) is 8.89. The maximum absolute atomic E-state index is 12.6. The van der Waals surface area contributed by atoms with E-state index in [4.69, 9.17) is 5.26 Å². The Bertz CT molecular complexity index is 631. The number of sulfonamides is 1. The van der Waals surface area contributed by atoms with Gasteiger partial charge < -0.3 is 0 Å². The molecule has 1 fully saturated rings. The molecule has 4 nitrogen and oxygen atoms in total. The van der Waals surface area contributed by atoms with Gasteiger partial charge in [0, 0.05) is 12.6 Å². The molecule has 0 aliphatic carbocycles. The lowest BCUT2D eigenvalue weighted by Crippen LogP contribution is -2.34. The Morgan fingerprint density at radius 2 is 2.05 bits per heavy atom. The third-order valence-electron chi connectivity index (χ3n) is 3.65. The fourth-order valence-electron chi connectivity index (χ4n) is 2.65. The van der Waals surface area contributed by atoms with Crippen LogP contribution in [0.5, 0.6) is 0 Å². The molecule has 0 bridgehead atoms. The highest BCUT2D eigenvalue weighted by Crippen LogP contribution is 2.29. The molecule has 0 spiro atoms. The van der Waals surface area contributed by atoms with E-state index in [1.807, 2.05) is 6.92 Å². The number of rotatable bonds is 2. The Hall–Kier alpha value is -1.38. The van der Waals surface area contributed by atoms with Crippen molar-refractivity contribution >= 4 is 10.0 Å². The Morgan fingerprint density at radius 3 is 2.53 bits per heavy atom. The van der Waals surface area contributed by atoms with Crippen molar-refractivity contribution in [1.82, 2.24) is 4.31 Å². The summed E-state index contributed by atoms with van der Waals surface area (Å²) in [6.07, 6.45) is 0.897. The molecule has 2 unspecified atom stereocenters. The Labute approximate surface area is 114 Å². The molecule has 1 aromatic rings. The summed E-state index contributed by atoms with van der Waals surface area (Å²) < 4.78 is 26.7. The van der Waals surface area contributed by atoms with Crippen LogP contribution in [0.4, 0.5) is 0 Å². The zero-order valence-corrected chi connectivity index (χ0v) is 12.2. The Kier molecular flexibility index (Phi) is 3.66. The molecule has 1 aliphatic rings. The van der Waals surface area contributed by atoms with E-state index in [9.17, 15) is 8.42 Å². The largest absolute Gasteiger partial charge is 0.243 e. The smallest absolute Gasteiger partial charge is 0.207 e. The molecule has 1 aromatic carbocycles. The molecule has 0 N–H and O–H groups in total. The minimum atomic E-state index is -3.44. The first-order valence-corrected chi connectivity index (χ1v) is 7.83. The van der Waals surface area contributed by atoms with Gasteiger partial charge in [-0.2, -0.15) is 9.57 Å². The zero-order chi connectivity index (χ0) is 14.2. The van der Waals surface area contributed by atoms with Gasteiger partial charge >= 0.3 is 0 Å². The Morgan fingerprint density at radius 1 is 1.37 bits per heavy atom. The van der Waals surface area contributed by atoms with E-state index in [-0.39, 0.29) is 10.9 Å². The van der Waals surface area contributed by atoms with Crippen LogP contribution in [0, 0.1) is 24.2 Å². The van der Waals surface area contributed by atoms with Gasteiger partial charge in [-0.05, 0) is 49.9 Å². The molecule has 0 aromatic heterocycles. The number of aryl methyl sites for hydroxylation is 1. The second-order valence-corrected chi connectivity index (χ2v) is 7.24. The van der Waals surface area contributed by atoms with Gasteiger partial charge in [-0.3, -0.25) is 0 Å². The summed E-state index contributed by atoms with van der Waals surface area (Å²) >= 11 is 0. The lowest BCUT2D eigenvalue weighted by Gasteiger charge is -2.21. The van der Waals surface area contributed by atoms with Gasteiger partial charge in [-0.15, -0.1) is 0 Å². The average Bonchev–Trinajstić information content (AvgIpc) is 2.69. The minimum Gasteiger partial charge on any atom is -0.207 e. The summed E-state index contributed by atoms with van der Waals surface area (Å²) in [5.74, 6) is 0.393. The van der Waals surface area contributed by atoms with Crippen LogP contribution in [0.25, 0.3) is 0 Å². The first-order chi connectivity index (χ1) is 8.86. The van der Waals surface area contributed by atoms with Gasteiger partial charge in [0.1, 0.15) is 0 Å². The van der Waals surface area contributed by atoms with Gasteiger partial charge in [0.05, 0.1) is 16.5 Å². The third kappa shape index (κ3) is 2.51. The van der Waals surface area contributed by atoms with Gasteiger partial charge in [0.25, 0.3) is 0 Å². The molecular formula is C14H18N2O2S. The summed E-state index contributed by atoms with van der Waals surface area (Å²) in [6.45, 7) is 6.34. The Balaban J connectivity index is 2.41. The van der Waals surface area contributed by atoms with Gasteiger partial charge in [0.2, 0.25) is 10.0 Å². The topological polar surface area (TPSA) is 61.2 Å². The van der Waals surface area contributed by atoms with Gasteiger partial charge in [0.15, 0.2) is 0 Å². The van der Waals surface area contributed by atoms with E-state index >= 15 is 0 Å². The number of benzene rings is 1. The SMILES string of the molecule is Cc1cc(S(=O)(=O)N2CC(C)CC2C)ccc1C#N. The summed E-state index contributed by atoms with van der Waals surface area (Å²) in [6, 6.07) is 6.78. The standard InChI is InChI=1S/C14H18N2O2S/c1-10-6-12(3)16(9-10)19(17,18)14-5-4-13(8-15)11(2)7-14/h4-5,7,10,12H,6,9H2,1-3H3. The number of hydrogen-bond donors (Lipinski definition) is 0. The summed E-state index contributed by atoms with van der Waals surface area (Å²) in [7, 11) is -3.44.